The Balaban J connectivity index is 1.38. The third kappa shape index (κ3) is 6.26. The molecule has 0 fully saturated rings. The van der Waals surface area contributed by atoms with Crippen molar-refractivity contribution in [3.63, 3.8) is 0 Å². The summed E-state index contributed by atoms with van der Waals surface area (Å²) in [5.41, 5.74) is 9.89. The van der Waals surface area contributed by atoms with Crippen molar-refractivity contribution in [1.82, 2.24) is 0 Å². The second-order valence-corrected chi connectivity index (χ2v) is 10.7. The van der Waals surface area contributed by atoms with Gasteiger partial charge in [-0.25, -0.2) is 0 Å². The summed E-state index contributed by atoms with van der Waals surface area (Å²) < 4.78 is 0. The smallest absolute Gasteiger partial charge is 0.234 e. The van der Waals surface area contributed by atoms with E-state index in [2.05, 4.69) is 131 Å². The van der Waals surface area contributed by atoms with Crippen LogP contribution in [-0.2, 0) is 0 Å². The Morgan fingerprint density at radius 1 is 0.628 bits per heavy atom. The minimum Gasteiger partial charge on any atom is -0.348 e. The zero-order valence-electron chi connectivity index (χ0n) is 24.1. The van der Waals surface area contributed by atoms with Crippen LogP contribution in [0.1, 0.15) is 12.8 Å². The number of benzene rings is 5. The lowest BCUT2D eigenvalue weighted by molar-refractivity contribution is -0.508. The highest BCUT2D eigenvalue weighted by atomic mass is 16.6. The van der Waals surface area contributed by atoms with E-state index in [0.29, 0.717) is 12.8 Å². The SMILES string of the molecule is CN(C1=CCC([N+](=O)[O-])C=CC1)c1ccc(N(c2cccc(-c3ccccc3)c2)c2cccc(-c3ccccc3)c2)cc1. The molecule has 212 valence electrons. The Morgan fingerprint density at radius 3 is 1.67 bits per heavy atom. The fraction of sp³-hybridized carbons (Fsp3) is 0.105. The summed E-state index contributed by atoms with van der Waals surface area (Å²) in [5.74, 6) is 0. The van der Waals surface area contributed by atoms with Gasteiger partial charge >= 0.3 is 0 Å². The van der Waals surface area contributed by atoms with Crippen LogP contribution in [0.25, 0.3) is 22.3 Å². The minimum absolute atomic E-state index is 0.223. The van der Waals surface area contributed by atoms with Gasteiger partial charge in [-0.05, 0) is 76.9 Å². The molecule has 1 atom stereocenters. The van der Waals surface area contributed by atoms with Crippen molar-refractivity contribution in [1.29, 1.82) is 0 Å². The molecule has 5 aromatic rings. The fourth-order valence-electron chi connectivity index (χ4n) is 5.54. The van der Waals surface area contributed by atoms with E-state index in [9.17, 15) is 10.1 Å². The summed E-state index contributed by atoms with van der Waals surface area (Å²) in [6.45, 7) is 0. The van der Waals surface area contributed by atoms with Crippen LogP contribution in [-0.4, -0.2) is 18.0 Å². The van der Waals surface area contributed by atoms with Crippen molar-refractivity contribution < 1.29 is 4.92 Å². The van der Waals surface area contributed by atoms with E-state index in [1.807, 2.05) is 31.3 Å². The van der Waals surface area contributed by atoms with Gasteiger partial charge in [-0.2, -0.15) is 0 Å². The topological polar surface area (TPSA) is 49.6 Å². The first-order chi connectivity index (χ1) is 21.1. The number of hydrogen-bond donors (Lipinski definition) is 0. The Labute approximate surface area is 252 Å². The van der Waals surface area contributed by atoms with Crippen LogP contribution in [0.3, 0.4) is 0 Å². The Morgan fingerprint density at radius 2 is 1.14 bits per heavy atom. The quantitative estimate of drug-likeness (QED) is 0.107. The molecule has 0 radical (unpaired) electrons. The average molecular weight is 564 g/mol. The Kier molecular flexibility index (Phi) is 8.14. The summed E-state index contributed by atoms with van der Waals surface area (Å²) in [4.78, 5) is 15.5. The molecule has 0 saturated heterocycles. The van der Waals surface area contributed by atoms with Crippen LogP contribution in [0.2, 0.25) is 0 Å². The molecule has 0 N–H and O–H groups in total. The van der Waals surface area contributed by atoms with Crippen LogP contribution in [0, 0.1) is 10.1 Å². The van der Waals surface area contributed by atoms with Gasteiger partial charge in [-0.3, -0.25) is 10.1 Å². The van der Waals surface area contributed by atoms with Crippen molar-refractivity contribution in [2.24, 2.45) is 0 Å². The van der Waals surface area contributed by atoms with Gasteiger partial charge in [0.15, 0.2) is 0 Å². The van der Waals surface area contributed by atoms with Gasteiger partial charge in [0.25, 0.3) is 0 Å². The van der Waals surface area contributed by atoms with E-state index in [-0.39, 0.29) is 4.92 Å². The molecule has 1 aliphatic carbocycles. The Hall–Kier alpha value is -5.42. The molecule has 0 spiro atoms. The number of anilines is 4. The molecule has 5 nitrogen and oxygen atoms in total. The van der Waals surface area contributed by atoms with Crippen molar-refractivity contribution in [3.8, 4) is 22.3 Å². The molecule has 0 amide bonds. The molecule has 0 aliphatic heterocycles. The second kappa shape index (κ2) is 12.6. The molecule has 5 heteroatoms. The first-order valence-corrected chi connectivity index (χ1v) is 14.5. The summed E-state index contributed by atoms with van der Waals surface area (Å²) >= 11 is 0. The average Bonchev–Trinajstić information content (AvgIpc) is 3.33. The van der Waals surface area contributed by atoms with Crippen LogP contribution >= 0.6 is 0 Å². The van der Waals surface area contributed by atoms with Gasteiger partial charge in [0.05, 0.1) is 0 Å². The van der Waals surface area contributed by atoms with Crippen molar-refractivity contribution in [2.75, 3.05) is 16.8 Å². The van der Waals surface area contributed by atoms with Crippen LogP contribution in [0.15, 0.2) is 157 Å². The molecule has 0 saturated carbocycles. The maximum atomic E-state index is 11.3. The lowest BCUT2D eigenvalue weighted by Gasteiger charge is -2.28. The zero-order chi connectivity index (χ0) is 29.6. The number of nitrogens with zero attached hydrogens (tertiary/aromatic N) is 3. The number of allylic oxidation sites excluding steroid dienone is 1. The molecule has 0 heterocycles. The van der Waals surface area contributed by atoms with Crippen molar-refractivity contribution in [3.05, 3.63) is 167 Å². The summed E-state index contributed by atoms with van der Waals surface area (Å²) in [7, 11) is 2.02. The standard InChI is InChI=1S/C38H33N3O2/c1-39(33-17-10-18-36(26-23-33)41(42)43)34-21-24-35(25-22-34)40(37-19-8-15-31(27-37)29-11-4-2-5-12-29)38-20-9-16-32(28-38)30-13-6-3-7-14-30/h2-16,18-25,27-28,36H,17,26H2,1H3. The molecule has 0 aromatic heterocycles. The molecular weight excluding hydrogens is 530 g/mol. The molecule has 43 heavy (non-hydrogen) atoms. The summed E-state index contributed by atoms with van der Waals surface area (Å²) in [6.07, 6.45) is 6.64. The van der Waals surface area contributed by atoms with Gasteiger partial charge in [-0.15, -0.1) is 0 Å². The highest BCUT2D eigenvalue weighted by molar-refractivity contribution is 5.82. The monoisotopic (exact) mass is 563 g/mol. The lowest BCUT2D eigenvalue weighted by atomic mass is 10.0. The highest BCUT2D eigenvalue weighted by Crippen LogP contribution is 2.39. The maximum Gasteiger partial charge on any atom is 0.234 e. The van der Waals surface area contributed by atoms with E-state index in [1.54, 1.807) is 6.08 Å². The van der Waals surface area contributed by atoms with Crippen molar-refractivity contribution >= 4 is 22.7 Å². The minimum atomic E-state index is -0.667. The lowest BCUT2D eigenvalue weighted by Crippen LogP contribution is -2.17. The van der Waals surface area contributed by atoms with Crippen LogP contribution in [0.4, 0.5) is 22.7 Å². The van der Waals surface area contributed by atoms with Gasteiger partial charge in [0.2, 0.25) is 6.04 Å². The molecule has 6 rings (SSSR count). The number of nitro groups is 1. The predicted molar refractivity (Wildman–Crippen MR) is 178 cm³/mol. The first kappa shape index (κ1) is 27.7. The van der Waals surface area contributed by atoms with E-state index >= 15 is 0 Å². The van der Waals surface area contributed by atoms with Crippen molar-refractivity contribution in [2.45, 2.75) is 18.9 Å². The van der Waals surface area contributed by atoms with Crippen LogP contribution in [0.5, 0.6) is 0 Å². The Bertz CT molecular complexity index is 1680. The second-order valence-electron chi connectivity index (χ2n) is 10.7. The normalized spacial score (nSPS) is 14.4. The summed E-state index contributed by atoms with van der Waals surface area (Å²) in [6, 6.07) is 46.0. The van der Waals surface area contributed by atoms with E-state index in [1.165, 1.54) is 11.1 Å². The highest BCUT2D eigenvalue weighted by Gasteiger charge is 2.19. The molecule has 1 aliphatic rings. The van der Waals surface area contributed by atoms with Crippen LogP contribution < -0.4 is 9.80 Å². The largest absolute Gasteiger partial charge is 0.348 e. The fourth-order valence-corrected chi connectivity index (χ4v) is 5.54. The van der Waals surface area contributed by atoms with E-state index in [0.717, 1.165) is 39.6 Å². The maximum absolute atomic E-state index is 11.3. The molecular formula is C38H33N3O2. The molecule has 5 aromatic carbocycles. The van der Waals surface area contributed by atoms with E-state index < -0.39 is 6.04 Å². The molecule has 1 unspecified atom stereocenters. The number of hydrogen-bond acceptors (Lipinski definition) is 4. The third-order valence-electron chi connectivity index (χ3n) is 7.90. The van der Waals surface area contributed by atoms with Gasteiger partial charge < -0.3 is 9.80 Å². The third-order valence-corrected chi connectivity index (χ3v) is 7.90. The first-order valence-electron chi connectivity index (χ1n) is 14.5. The molecule has 0 bridgehead atoms. The van der Waals surface area contributed by atoms with Gasteiger partial charge in [-0.1, -0.05) is 97.1 Å². The summed E-state index contributed by atoms with van der Waals surface area (Å²) in [5, 5.41) is 11.3. The van der Waals surface area contributed by atoms with E-state index in [4.69, 9.17) is 0 Å². The van der Waals surface area contributed by atoms with Gasteiger partial charge in [0, 0.05) is 53.3 Å². The zero-order valence-corrected chi connectivity index (χ0v) is 24.1. The number of rotatable bonds is 8. The predicted octanol–water partition coefficient (Wildman–Crippen LogP) is 9.81. The van der Waals surface area contributed by atoms with Gasteiger partial charge in [0.1, 0.15) is 0 Å².